The topological polar surface area (TPSA) is 63.4 Å². The van der Waals surface area contributed by atoms with Crippen LogP contribution in [-0.4, -0.2) is 38.1 Å². The first-order valence-corrected chi connectivity index (χ1v) is 10.0. The van der Waals surface area contributed by atoms with Crippen molar-refractivity contribution in [2.75, 3.05) is 19.3 Å². The van der Waals surface area contributed by atoms with Crippen molar-refractivity contribution in [1.29, 1.82) is 0 Å². The van der Waals surface area contributed by atoms with Crippen molar-refractivity contribution >= 4 is 10.0 Å². The summed E-state index contributed by atoms with van der Waals surface area (Å²) in [5.74, 6) is 1.36. The molecule has 118 valence electrons. The Kier molecular flexibility index (Phi) is 5.87. The Balaban J connectivity index is 1.71. The Morgan fingerprint density at radius 2 is 1.80 bits per heavy atom. The van der Waals surface area contributed by atoms with Gasteiger partial charge in [-0.3, -0.25) is 0 Å². The maximum Gasteiger partial charge on any atom is 0.211 e. The van der Waals surface area contributed by atoms with Gasteiger partial charge in [0, 0.05) is 19.1 Å². The zero-order chi connectivity index (χ0) is 14.6. The average molecular weight is 302 g/mol. The summed E-state index contributed by atoms with van der Waals surface area (Å²) >= 11 is 0. The summed E-state index contributed by atoms with van der Waals surface area (Å²) in [6.07, 6.45) is 12.3. The highest BCUT2D eigenvalue weighted by atomic mass is 32.2. The molecule has 2 unspecified atom stereocenters. The molecule has 0 amide bonds. The van der Waals surface area contributed by atoms with Crippen LogP contribution in [0.2, 0.25) is 0 Å². The number of hydrogen-bond acceptors (Lipinski definition) is 3. The third kappa shape index (κ3) is 5.01. The van der Waals surface area contributed by atoms with Crippen molar-refractivity contribution in [2.45, 2.75) is 63.8 Å². The lowest BCUT2D eigenvalue weighted by Crippen LogP contribution is -2.41. The summed E-state index contributed by atoms with van der Waals surface area (Å²) in [6, 6.07) is 0.250. The Morgan fingerprint density at radius 1 is 1.15 bits per heavy atom. The van der Waals surface area contributed by atoms with E-state index in [9.17, 15) is 8.42 Å². The van der Waals surface area contributed by atoms with Crippen molar-refractivity contribution in [2.24, 2.45) is 17.6 Å². The van der Waals surface area contributed by atoms with Crippen LogP contribution in [0, 0.1) is 11.8 Å². The summed E-state index contributed by atoms with van der Waals surface area (Å²) in [5, 5.41) is 0. The zero-order valence-electron chi connectivity index (χ0n) is 12.8. The van der Waals surface area contributed by atoms with E-state index in [-0.39, 0.29) is 6.04 Å². The molecule has 5 heteroatoms. The van der Waals surface area contributed by atoms with Gasteiger partial charge in [-0.05, 0) is 43.9 Å². The van der Waals surface area contributed by atoms with E-state index in [1.807, 2.05) is 0 Å². The van der Waals surface area contributed by atoms with Gasteiger partial charge in [0.15, 0.2) is 0 Å². The molecule has 1 saturated heterocycles. The van der Waals surface area contributed by atoms with Crippen molar-refractivity contribution in [1.82, 2.24) is 4.31 Å². The molecular weight excluding hydrogens is 272 g/mol. The van der Waals surface area contributed by atoms with Gasteiger partial charge in [-0.15, -0.1) is 0 Å². The van der Waals surface area contributed by atoms with Crippen molar-refractivity contribution in [3.8, 4) is 0 Å². The molecule has 0 aromatic heterocycles. The maximum absolute atomic E-state index is 11.6. The lowest BCUT2D eigenvalue weighted by atomic mass is 9.89. The lowest BCUT2D eigenvalue weighted by Gasteiger charge is -2.32. The molecule has 2 atom stereocenters. The minimum absolute atomic E-state index is 0.250. The fraction of sp³-hybridized carbons (Fsp3) is 1.00. The molecule has 4 nitrogen and oxygen atoms in total. The molecule has 2 rings (SSSR count). The van der Waals surface area contributed by atoms with E-state index in [0.29, 0.717) is 19.0 Å². The van der Waals surface area contributed by atoms with E-state index < -0.39 is 10.0 Å². The summed E-state index contributed by atoms with van der Waals surface area (Å²) < 4.78 is 24.9. The summed E-state index contributed by atoms with van der Waals surface area (Å²) in [4.78, 5) is 0. The van der Waals surface area contributed by atoms with Gasteiger partial charge in [0.05, 0.1) is 6.26 Å². The van der Waals surface area contributed by atoms with Gasteiger partial charge in [-0.2, -0.15) is 0 Å². The lowest BCUT2D eigenvalue weighted by molar-refractivity contribution is 0.241. The fourth-order valence-corrected chi connectivity index (χ4v) is 4.76. The second kappa shape index (κ2) is 7.23. The number of nitrogens with zero attached hydrogens (tertiary/aromatic N) is 1. The Labute approximate surface area is 124 Å². The van der Waals surface area contributed by atoms with E-state index >= 15 is 0 Å². The minimum atomic E-state index is -3.03. The molecule has 0 aromatic carbocycles. The van der Waals surface area contributed by atoms with Gasteiger partial charge >= 0.3 is 0 Å². The average Bonchev–Trinajstić information content (AvgIpc) is 2.89. The smallest absolute Gasteiger partial charge is 0.211 e. The van der Waals surface area contributed by atoms with E-state index in [0.717, 1.165) is 31.6 Å². The van der Waals surface area contributed by atoms with Crippen LogP contribution in [0.3, 0.4) is 0 Å². The van der Waals surface area contributed by atoms with Gasteiger partial charge in [0.1, 0.15) is 0 Å². The Bertz CT molecular complexity index is 391. The number of piperidine rings is 1. The standard InChI is InChI=1S/C15H30N2O2S/c1-20(18,19)17-10-4-7-14(12-17)11-15(16)9-8-13-5-2-3-6-13/h13-15H,2-12,16H2,1H3. The van der Waals surface area contributed by atoms with Gasteiger partial charge in [-0.25, -0.2) is 12.7 Å². The summed E-state index contributed by atoms with van der Waals surface area (Å²) in [7, 11) is -3.03. The molecule has 0 bridgehead atoms. The number of sulfonamides is 1. The Morgan fingerprint density at radius 3 is 2.45 bits per heavy atom. The van der Waals surface area contributed by atoms with Crippen LogP contribution < -0.4 is 5.73 Å². The largest absolute Gasteiger partial charge is 0.328 e. The van der Waals surface area contributed by atoms with Gasteiger partial charge in [0.2, 0.25) is 10.0 Å². The molecule has 0 spiro atoms. The Hall–Kier alpha value is -0.130. The second-order valence-corrected chi connectivity index (χ2v) is 8.84. The molecule has 1 aliphatic carbocycles. The molecule has 1 aliphatic heterocycles. The molecule has 1 saturated carbocycles. The van der Waals surface area contributed by atoms with E-state index in [4.69, 9.17) is 5.73 Å². The highest BCUT2D eigenvalue weighted by molar-refractivity contribution is 7.88. The first kappa shape index (κ1) is 16.2. The van der Waals surface area contributed by atoms with Crippen molar-refractivity contribution < 1.29 is 8.42 Å². The number of nitrogens with two attached hydrogens (primary N) is 1. The third-order valence-electron chi connectivity index (χ3n) is 5.01. The predicted molar refractivity (Wildman–Crippen MR) is 82.9 cm³/mol. The number of rotatable bonds is 6. The quantitative estimate of drug-likeness (QED) is 0.819. The second-order valence-electron chi connectivity index (χ2n) is 6.85. The van der Waals surface area contributed by atoms with Gasteiger partial charge in [-0.1, -0.05) is 25.7 Å². The highest BCUT2D eigenvalue weighted by Crippen LogP contribution is 2.30. The van der Waals surface area contributed by atoms with E-state index in [2.05, 4.69) is 0 Å². The normalized spacial score (nSPS) is 27.8. The van der Waals surface area contributed by atoms with Crippen LogP contribution in [0.15, 0.2) is 0 Å². The minimum Gasteiger partial charge on any atom is -0.328 e. The van der Waals surface area contributed by atoms with Gasteiger partial charge in [0.25, 0.3) is 0 Å². The highest BCUT2D eigenvalue weighted by Gasteiger charge is 2.27. The molecule has 0 radical (unpaired) electrons. The predicted octanol–water partition coefficient (Wildman–Crippen LogP) is 2.35. The van der Waals surface area contributed by atoms with E-state index in [1.165, 1.54) is 38.4 Å². The summed E-state index contributed by atoms with van der Waals surface area (Å²) in [6.45, 7) is 1.36. The summed E-state index contributed by atoms with van der Waals surface area (Å²) in [5.41, 5.74) is 6.27. The molecule has 1 heterocycles. The monoisotopic (exact) mass is 302 g/mol. The molecule has 20 heavy (non-hydrogen) atoms. The first-order chi connectivity index (χ1) is 9.45. The molecular formula is C15H30N2O2S. The van der Waals surface area contributed by atoms with Crippen LogP contribution in [0.25, 0.3) is 0 Å². The fourth-order valence-electron chi connectivity index (χ4n) is 3.82. The number of hydrogen-bond donors (Lipinski definition) is 1. The first-order valence-electron chi connectivity index (χ1n) is 8.16. The third-order valence-corrected chi connectivity index (χ3v) is 6.28. The zero-order valence-corrected chi connectivity index (χ0v) is 13.6. The van der Waals surface area contributed by atoms with Crippen molar-refractivity contribution in [3.63, 3.8) is 0 Å². The molecule has 2 N–H and O–H groups in total. The van der Waals surface area contributed by atoms with Crippen LogP contribution >= 0.6 is 0 Å². The van der Waals surface area contributed by atoms with Crippen molar-refractivity contribution in [3.05, 3.63) is 0 Å². The molecule has 0 aromatic rings. The van der Waals surface area contributed by atoms with Gasteiger partial charge < -0.3 is 5.73 Å². The van der Waals surface area contributed by atoms with Crippen LogP contribution in [-0.2, 0) is 10.0 Å². The van der Waals surface area contributed by atoms with Crippen LogP contribution in [0.5, 0.6) is 0 Å². The maximum atomic E-state index is 11.6. The SMILES string of the molecule is CS(=O)(=O)N1CCCC(CC(N)CCC2CCCC2)C1. The van der Waals surface area contributed by atoms with E-state index in [1.54, 1.807) is 4.31 Å². The van der Waals surface area contributed by atoms with Crippen LogP contribution in [0.1, 0.15) is 57.8 Å². The molecule has 2 fully saturated rings. The van der Waals surface area contributed by atoms with Crippen LogP contribution in [0.4, 0.5) is 0 Å². The molecule has 2 aliphatic rings.